The van der Waals surface area contributed by atoms with E-state index < -0.39 is 45.2 Å². The fraction of sp³-hybridized carbons (Fsp3) is 0.333. The number of nitro benzene ring substituents is 2. The fourth-order valence-electron chi connectivity index (χ4n) is 1.71. The van der Waals surface area contributed by atoms with Gasteiger partial charge in [0.05, 0.1) is 21.6 Å². The average molecular weight is 341 g/mol. The van der Waals surface area contributed by atoms with Crippen LogP contribution >= 0.6 is 0 Å². The molecule has 1 rings (SSSR count). The van der Waals surface area contributed by atoms with Crippen LogP contribution in [0.25, 0.3) is 0 Å². The minimum absolute atomic E-state index is 0.209. The van der Waals surface area contributed by atoms with Crippen molar-refractivity contribution in [1.29, 1.82) is 0 Å². The van der Waals surface area contributed by atoms with Crippen molar-refractivity contribution in [3.8, 4) is 0 Å². The molecule has 130 valence electrons. The zero-order valence-electron chi connectivity index (χ0n) is 12.7. The molecule has 0 aliphatic rings. The van der Waals surface area contributed by atoms with E-state index in [1.807, 2.05) is 0 Å². The van der Waals surface area contributed by atoms with Crippen LogP contribution in [0, 0.1) is 20.2 Å². The molecule has 0 heterocycles. The van der Waals surface area contributed by atoms with E-state index in [4.69, 9.17) is 10.8 Å². The van der Waals surface area contributed by atoms with Gasteiger partial charge >= 0.3 is 11.7 Å². The van der Waals surface area contributed by atoms with E-state index in [0.29, 0.717) is 6.07 Å². The normalized spacial score (nSPS) is 12.8. The number of carbonyl (C=O) groups is 2. The standard InChI is InChI=1S/C12H15N5O7/c1-5(11(13)18)15-10-8(14-6(2)12(19)20)3-7(16(21)22)4-9(10)17(23)24/h3-6,14-15H,1-2H3,(H2,13,18)(H,19,20)/t5-,6-/m0/s1. The minimum Gasteiger partial charge on any atom is -0.480 e. The molecule has 0 saturated heterocycles. The van der Waals surface area contributed by atoms with Gasteiger partial charge in [0.1, 0.15) is 17.8 Å². The number of nitrogens with zero attached hydrogens (tertiary/aromatic N) is 2. The van der Waals surface area contributed by atoms with E-state index >= 15 is 0 Å². The molecule has 0 unspecified atom stereocenters. The highest BCUT2D eigenvalue weighted by Crippen LogP contribution is 2.37. The van der Waals surface area contributed by atoms with Gasteiger partial charge in [0, 0.05) is 6.07 Å². The number of benzene rings is 1. The maximum absolute atomic E-state index is 11.2. The zero-order chi connectivity index (χ0) is 18.6. The first-order valence-electron chi connectivity index (χ1n) is 6.56. The molecule has 0 bridgehead atoms. The van der Waals surface area contributed by atoms with Crippen molar-refractivity contribution >= 4 is 34.6 Å². The van der Waals surface area contributed by atoms with Gasteiger partial charge < -0.3 is 21.5 Å². The SMILES string of the molecule is C[C@H](Nc1c(N[C@@H](C)C(=O)O)cc([N+](=O)[O-])cc1[N+](=O)[O-])C(N)=O. The van der Waals surface area contributed by atoms with Crippen LogP contribution in [0.4, 0.5) is 22.7 Å². The van der Waals surface area contributed by atoms with Crippen molar-refractivity contribution in [3.63, 3.8) is 0 Å². The highest BCUT2D eigenvalue weighted by Gasteiger charge is 2.27. The summed E-state index contributed by atoms with van der Waals surface area (Å²) in [6.07, 6.45) is 0. The van der Waals surface area contributed by atoms with Crippen LogP contribution in [-0.2, 0) is 9.59 Å². The van der Waals surface area contributed by atoms with Crippen molar-refractivity contribution in [3.05, 3.63) is 32.4 Å². The van der Waals surface area contributed by atoms with E-state index in [-0.39, 0.29) is 11.4 Å². The smallest absolute Gasteiger partial charge is 0.325 e. The molecule has 24 heavy (non-hydrogen) atoms. The summed E-state index contributed by atoms with van der Waals surface area (Å²) < 4.78 is 0. The van der Waals surface area contributed by atoms with Crippen molar-refractivity contribution in [1.82, 2.24) is 0 Å². The Labute approximate surface area is 134 Å². The summed E-state index contributed by atoms with van der Waals surface area (Å²) in [5, 5.41) is 36.0. The van der Waals surface area contributed by atoms with E-state index in [1.165, 1.54) is 13.8 Å². The van der Waals surface area contributed by atoms with Gasteiger partial charge in [-0.3, -0.25) is 29.8 Å². The first-order valence-corrected chi connectivity index (χ1v) is 6.56. The van der Waals surface area contributed by atoms with Gasteiger partial charge in [-0.25, -0.2) is 0 Å². The van der Waals surface area contributed by atoms with Crippen LogP contribution in [0.2, 0.25) is 0 Å². The topological polar surface area (TPSA) is 191 Å². The Morgan fingerprint density at radius 1 is 1.12 bits per heavy atom. The molecule has 1 aromatic rings. The molecule has 1 amide bonds. The summed E-state index contributed by atoms with van der Waals surface area (Å²) in [4.78, 5) is 42.5. The number of primary amides is 1. The summed E-state index contributed by atoms with van der Waals surface area (Å²) in [5.41, 5.74) is 3.30. The highest BCUT2D eigenvalue weighted by atomic mass is 16.6. The number of carboxylic acid groups (broad SMARTS) is 1. The van der Waals surface area contributed by atoms with Crippen molar-refractivity contribution < 1.29 is 24.5 Å². The predicted octanol–water partition coefficient (Wildman–Crippen LogP) is 0.674. The van der Waals surface area contributed by atoms with Gasteiger partial charge in [0.2, 0.25) is 5.91 Å². The molecule has 5 N–H and O–H groups in total. The van der Waals surface area contributed by atoms with Gasteiger partial charge in [-0.1, -0.05) is 0 Å². The van der Waals surface area contributed by atoms with E-state index in [9.17, 15) is 29.8 Å². The number of nitrogens with two attached hydrogens (primary N) is 1. The molecule has 0 aromatic heterocycles. The maximum Gasteiger partial charge on any atom is 0.325 e. The third-order valence-electron chi connectivity index (χ3n) is 3.04. The summed E-state index contributed by atoms with van der Waals surface area (Å²) in [6.45, 7) is 2.58. The lowest BCUT2D eigenvalue weighted by Gasteiger charge is -2.18. The molecule has 0 aliphatic heterocycles. The monoisotopic (exact) mass is 341 g/mol. The molecule has 0 fully saturated rings. The Bertz CT molecular complexity index is 705. The molecule has 12 nitrogen and oxygen atoms in total. The molecule has 0 aliphatic carbocycles. The van der Waals surface area contributed by atoms with Gasteiger partial charge in [-0.2, -0.15) is 0 Å². The number of rotatable bonds is 8. The largest absolute Gasteiger partial charge is 0.480 e. The zero-order valence-corrected chi connectivity index (χ0v) is 12.7. The van der Waals surface area contributed by atoms with Crippen molar-refractivity contribution in [2.45, 2.75) is 25.9 Å². The van der Waals surface area contributed by atoms with Gasteiger partial charge in [-0.15, -0.1) is 0 Å². The Morgan fingerprint density at radius 2 is 1.71 bits per heavy atom. The maximum atomic E-state index is 11.2. The Morgan fingerprint density at radius 3 is 2.12 bits per heavy atom. The molecular weight excluding hydrogens is 326 g/mol. The van der Waals surface area contributed by atoms with Gasteiger partial charge in [0.15, 0.2) is 0 Å². The molecule has 0 spiro atoms. The number of nitrogens with one attached hydrogen (secondary N) is 2. The fourth-order valence-corrected chi connectivity index (χ4v) is 1.71. The summed E-state index contributed by atoms with van der Waals surface area (Å²) >= 11 is 0. The van der Waals surface area contributed by atoms with Crippen LogP contribution in [-0.4, -0.2) is 38.9 Å². The summed E-state index contributed by atoms with van der Waals surface area (Å²) in [5.74, 6) is -2.10. The van der Waals surface area contributed by atoms with Gasteiger partial charge in [0.25, 0.3) is 5.69 Å². The van der Waals surface area contributed by atoms with E-state index in [2.05, 4.69) is 10.6 Å². The lowest BCUT2D eigenvalue weighted by atomic mass is 10.1. The number of nitro groups is 2. The molecule has 12 heteroatoms. The number of amides is 1. The number of carboxylic acids is 1. The molecular formula is C12H15N5O7. The van der Waals surface area contributed by atoms with E-state index in [0.717, 1.165) is 6.07 Å². The third kappa shape index (κ3) is 4.28. The van der Waals surface area contributed by atoms with Gasteiger partial charge in [-0.05, 0) is 13.8 Å². The minimum atomic E-state index is -1.28. The number of hydrogen-bond donors (Lipinski definition) is 4. The lowest BCUT2D eigenvalue weighted by Crippen LogP contribution is -2.33. The van der Waals surface area contributed by atoms with Crippen LogP contribution in [0.1, 0.15) is 13.8 Å². The second-order valence-corrected chi connectivity index (χ2v) is 4.87. The molecule has 0 saturated carbocycles. The summed E-state index contributed by atoms with van der Waals surface area (Å²) in [6, 6.07) is -0.600. The first-order chi connectivity index (χ1) is 11.0. The molecule has 1 aromatic carbocycles. The van der Waals surface area contributed by atoms with Crippen molar-refractivity contribution in [2.24, 2.45) is 5.73 Å². The molecule has 0 radical (unpaired) electrons. The third-order valence-corrected chi connectivity index (χ3v) is 3.04. The van der Waals surface area contributed by atoms with Crippen LogP contribution in [0.5, 0.6) is 0 Å². The van der Waals surface area contributed by atoms with Crippen LogP contribution in [0.15, 0.2) is 12.1 Å². The van der Waals surface area contributed by atoms with Crippen molar-refractivity contribution in [2.75, 3.05) is 10.6 Å². The first kappa shape index (κ1) is 18.6. The average Bonchev–Trinajstić information content (AvgIpc) is 2.47. The van der Waals surface area contributed by atoms with Crippen LogP contribution < -0.4 is 16.4 Å². The predicted molar refractivity (Wildman–Crippen MR) is 82.8 cm³/mol. The number of hydrogen-bond acceptors (Lipinski definition) is 8. The Hall–Kier alpha value is -3.44. The highest BCUT2D eigenvalue weighted by molar-refractivity contribution is 5.89. The molecule has 2 atom stereocenters. The number of non-ortho nitro benzene ring substituents is 1. The second-order valence-electron chi connectivity index (χ2n) is 4.87. The van der Waals surface area contributed by atoms with Crippen LogP contribution in [0.3, 0.4) is 0 Å². The number of aliphatic carboxylic acids is 1. The second kappa shape index (κ2) is 7.21. The number of anilines is 2. The van der Waals surface area contributed by atoms with E-state index in [1.54, 1.807) is 0 Å². The summed E-state index contributed by atoms with van der Waals surface area (Å²) in [7, 11) is 0. The lowest BCUT2D eigenvalue weighted by molar-refractivity contribution is -0.393. The number of carbonyl (C=O) groups excluding carboxylic acids is 1. The quantitative estimate of drug-likeness (QED) is 0.388. The Balaban J connectivity index is 3.53. The Kier molecular flexibility index (Phi) is 5.59.